The topological polar surface area (TPSA) is 79.2 Å². The van der Waals surface area contributed by atoms with E-state index in [1.165, 1.54) is 11.8 Å². The lowest BCUT2D eigenvalue weighted by atomic mass is 10.1. The lowest BCUT2D eigenvalue weighted by molar-refractivity contribution is -0.388. The van der Waals surface area contributed by atoms with E-state index in [1.807, 2.05) is 18.2 Å². The Balaban J connectivity index is 1.21. The molecule has 0 bridgehead atoms. The quantitative estimate of drug-likeness (QED) is 0.414. The molecule has 2 aromatic carbocycles. The Morgan fingerprint density at radius 2 is 1.67 bits per heavy atom. The Labute approximate surface area is 207 Å². The number of hydrogen-bond donors (Lipinski definition) is 0. The van der Waals surface area contributed by atoms with Gasteiger partial charge in [0, 0.05) is 76.8 Å². The van der Waals surface area contributed by atoms with Gasteiger partial charge in [-0.15, -0.1) is 0 Å². The van der Waals surface area contributed by atoms with Crippen molar-refractivity contribution >= 4 is 17.3 Å². The molecule has 2 aliphatic heterocycles. The van der Waals surface area contributed by atoms with Gasteiger partial charge >= 0.3 is 6.18 Å². The van der Waals surface area contributed by atoms with Gasteiger partial charge in [-0.1, -0.05) is 18.2 Å². The maximum atomic E-state index is 13.2. The molecule has 2 aliphatic rings. The van der Waals surface area contributed by atoms with E-state index in [2.05, 4.69) is 21.9 Å². The first-order valence-electron chi connectivity index (χ1n) is 12.0. The van der Waals surface area contributed by atoms with Crippen LogP contribution in [0.1, 0.15) is 24.8 Å². The van der Waals surface area contributed by atoms with Crippen molar-refractivity contribution in [2.45, 2.75) is 31.5 Å². The summed E-state index contributed by atoms with van der Waals surface area (Å²) in [5, 5.41) is 10.9. The summed E-state index contributed by atoms with van der Waals surface area (Å²) in [5.41, 5.74) is -1.12. The Hall–Kier alpha value is -3.34. The number of piperazine rings is 1. The molecule has 1 amide bonds. The summed E-state index contributed by atoms with van der Waals surface area (Å²) < 4.78 is 45.3. The van der Waals surface area contributed by atoms with Gasteiger partial charge in [-0.05, 0) is 24.3 Å². The number of nitrogens with zero attached hydrogens (tertiary/aromatic N) is 4. The van der Waals surface area contributed by atoms with E-state index in [0.29, 0.717) is 45.0 Å². The minimum Gasteiger partial charge on any atom is -0.490 e. The third-order valence-corrected chi connectivity index (χ3v) is 6.70. The van der Waals surface area contributed by atoms with Gasteiger partial charge < -0.3 is 14.5 Å². The molecule has 11 heteroatoms. The average Bonchev–Trinajstić information content (AvgIpc) is 2.88. The van der Waals surface area contributed by atoms with Crippen LogP contribution in [0.3, 0.4) is 0 Å². The zero-order chi connectivity index (χ0) is 25.7. The second kappa shape index (κ2) is 11.2. The summed E-state index contributed by atoms with van der Waals surface area (Å²) >= 11 is 0. The first-order valence-corrected chi connectivity index (χ1v) is 12.0. The first kappa shape index (κ1) is 25.7. The van der Waals surface area contributed by atoms with Gasteiger partial charge in [0.1, 0.15) is 17.4 Å². The normalized spacial score (nSPS) is 17.8. The van der Waals surface area contributed by atoms with Gasteiger partial charge in [-0.2, -0.15) is 13.2 Å². The molecule has 2 aromatic rings. The Morgan fingerprint density at radius 1 is 1.00 bits per heavy atom. The smallest absolute Gasteiger partial charge is 0.423 e. The number of carbonyl (C=O) groups excluding carboxylic acids is 1. The molecule has 0 atom stereocenters. The van der Waals surface area contributed by atoms with Crippen molar-refractivity contribution in [3.8, 4) is 5.75 Å². The van der Waals surface area contributed by atoms with E-state index < -0.39 is 22.4 Å². The molecule has 0 radical (unpaired) electrons. The number of halogens is 3. The maximum Gasteiger partial charge on any atom is 0.423 e. The molecule has 2 fully saturated rings. The number of anilines is 1. The molecule has 0 saturated carbocycles. The van der Waals surface area contributed by atoms with Crippen molar-refractivity contribution in [2.75, 3.05) is 50.7 Å². The highest BCUT2D eigenvalue weighted by Gasteiger charge is 2.39. The number of ether oxygens (including phenoxy) is 1. The fourth-order valence-electron chi connectivity index (χ4n) is 4.67. The molecule has 0 unspecified atom stereocenters. The third kappa shape index (κ3) is 6.45. The van der Waals surface area contributed by atoms with Crippen LogP contribution >= 0.6 is 0 Å². The number of piperidine rings is 1. The van der Waals surface area contributed by atoms with E-state index in [0.717, 1.165) is 32.2 Å². The van der Waals surface area contributed by atoms with E-state index >= 15 is 0 Å². The predicted molar refractivity (Wildman–Crippen MR) is 128 cm³/mol. The van der Waals surface area contributed by atoms with Gasteiger partial charge in [0.05, 0.1) is 4.92 Å². The highest BCUT2D eigenvalue weighted by Crippen LogP contribution is 2.38. The fourth-order valence-corrected chi connectivity index (χ4v) is 4.67. The molecular formula is C25H29F3N4O4. The number of para-hydroxylation sites is 1. The summed E-state index contributed by atoms with van der Waals surface area (Å²) in [4.78, 5) is 29.0. The lowest BCUT2D eigenvalue weighted by Gasteiger charge is -2.37. The first-order chi connectivity index (χ1) is 17.2. The van der Waals surface area contributed by atoms with Crippen molar-refractivity contribution in [3.63, 3.8) is 0 Å². The number of likely N-dealkylation sites (tertiary alicyclic amines) is 1. The van der Waals surface area contributed by atoms with Gasteiger partial charge in [-0.3, -0.25) is 19.8 Å². The van der Waals surface area contributed by atoms with Crippen LogP contribution in [0.25, 0.3) is 0 Å². The van der Waals surface area contributed by atoms with Crippen molar-refractivity contribution in [3.05, 3.63) is 64.2 Å². The maximum absolute atomic E-state index is 13.2. The second-order valence-electron chi connectivity index (χ2n) is 9.05. The van der Waals surface area contributed by atoms with Gasteiger partial charge in [0.25, 0.3) is 5.69 Å². The Kier molecular flexibility index (Phi) is 7.97. The summed E-state index contributed by atoms with van der Waals surface area (Å²) in [5.74, 6) is 0.000907. The number of nitro groups is 1. The Bertz CT molecular complexity index is 1050. The number of rotatable bonds is 7. The standard InChI is InChI=1S/C25H29F3N4O4/c26-25(27,28)22-18-21(6-7-23(22)32(34)35)36-20-8-12-31(13-9-20)24(33)10-11-29-14-16-30(17-15-29)19-4-2-1-3-5-19/h1-7,18,20H,8-17H2. The average molecular weight is 507 g/mol. The number of hydrogen-bond acceptors (Lipinski definition) is 6. The van der Waals surface area contributed by atoms with Crippen LogP contribution in [-0.4, -0.2) is 72.5 Å². The number of nitro benzene ring substituents is 1. The van der Waals surface area contributed by atoms with Crippen molar-refractivity contribution in [1.29, 1.82) is 0 Å². The summed E-state index contributed by atoms with van der Waals surface area (Å²) in [6.07, 6.45) is -3.82. The molecular weight excluding hydrogens is 477 g/mol. The Morgan fingerprint density at radius 3 is 2.28 bits per heavy atom. The SMILES string of the molecule is O=C(CCN1CCN(c2ccccc2)CC1)N1CCC(Oc2ccc([N+](=O)[O-])c(C(F)(F)F)c2)CC1. The number of carbonyl (C=O) groups is 1. The van der Waals surface area contributed by atoms with Gasteiger partial charge in [0.15, 0.2) is 0 Å². The van der Waals surface area contributed by atoms with Gasteiger partial charge in [-0.25, -0.2) is 0 Å². The van der Waals surface area contributed by atoms with E-state index in [-0.39, 0.29) is 17.8 Å². The molecule has 0 aliphatic carbocycles. The van der Waals surface area contributed by atoms with Crippen LogP contribution in [0.15, 0.2) is 48.5 Å². The predicted octanol–water partition coefficient (Wildman–Crippen LogP) is 4.20. The minimum atomic E-state index is -4.86. The van der Waals surface area contributed by atoms with Crippen LogP contribution in [0.5, 0.6) is 5.75 Å². The van der Waals surface area contributed by atoms with Crippen LogP contribution in [0, 0.1) is 10.1 Å². The van der Waals surface area contributed by atoms with Crippen molar-refractivity contribution in [2.24, 2.45) is 0 Å². The van der Waals surface area contributed by atoms with E-state index in [1.54, 1.807) is 4.90 Å². The monoisotopic (exact) mass is 506 g/mol. The third-order valence-electron chi connectivity index (χ3n) is 6.70. The van der Waals surface area contributed by atoms with Crippen molar-refractivity contribution < 1.29 is 27.6 Å². The summed E-state index contributed by atoms with van der Waals surface area (Å²) in [7, 11) is 0. The van der Waals surface area contributed by atoms with Crippen LogP contribution in [0.4, 0.5) is 24.5 Å². The second-order valence-corrected chi connectivity index (χ2v) is 9.05. The van der Waals surface area contributed by atoms with Crippen LogP contribution < -0.4 is 9.64 Å². The molecule has 8 nitrogen and oxygen atoms in total. The van der Waals surface area contributed by atoms with Crippen molar-refractivity contribution in [1.82, 2.24) is 9.80 Å². The molecule has 194 valence electrons. The molecule has 4 rings (SSSR count). The minimum absolute atomic E-state index is 0.0626. The number of amides is 1. The highest BCUT2D eigenvalue weighted by atomic mass is 19.4. The highest BCUT2D eigenvalue weighted by molar-refractivity contribution is 5.76. The number of benzene rings is 2. The zero-order valence-corrected chi connectivity index (χ0v) is 19.8. The van der Waals surface area contributed by atoms with Crippen LogP contribution in [0.2, 0.25) is 0 Å². The fraction of sp³-hybridized carbons (Fsp3) is 0.480. The molecule has 2 heterocycles. The number of alkyl halides is 3. The van der Waals surface area contributed by atoms with Gasteiger partial charge in [0.2, 0.25) is 5.91 Å². The largest absolute Gasteiger partial charge is 0.490 e. The summed E-state index contributed by atoms with van der Waals surface area (Å²) in [6.45, 7) is 5.25. The molecule has 36 heavy (non-hydrogen) atoms. The van der Waals surface area contributed by atoms with Crippen LogP contribution in [-0.2, 0) is 11.0 Å². The van der Waals surface area contributed by atoms with E-state index in [4.69, 9.17) is 4.74 Å². The lowest BCUT2D eigenvalue weighted by Crippen LogP contribution is -2.48. The zero-order valence-electron chi connectivity index (χ0n) is 19.8. The molecule has 0 spiro atoms. The van der Waals surface area contributed by atoms with E-state index in [9.17, 15) is 28.1 Å². The molecule has 0 aromatic heterocycles. The molecule has 0 N–H and O–H groups in total. The summed E-state index contributed by atoms with van der Waals surface area (Å²) in [6, 6.07) is 12.9. The molecule has 2 saturated heterocycles.